The maximum absolute atomic E-state index is 13.4. The van der Waals surface area contributed by atoms with Gasteiger partial charge in [0.15, 0.2) is 0 Å². The minimum Gasteiger partial charge on any atom is -0.396 e. The number of nitrogens with zero attached hydrogens (tertiary/aromatic N) is 2. The van der Waals surface area contributed by atoms with Crippen molar-refractivity contribution < 1.29 is 13.7 Å². The molecule has 1 aliphatic carbocycles. The highest BCUT2D eigenvalue weighted by atomic mass is 19.1. The molecule has 1 heterocycles. The Kier molecular flexibility index (Phi) is 2.94. The topological polar surface area (TPSA) is 74.2 Å². The molecule has 0 spiro atoms. The SMILES string of the molecule is COC(c1noc(-c2ccc(N)c(F)c2)n1)C1CC1. The van der Waals surface area contributed by atoms with E-state index in [9.17, 15) is 4.39 Å². The van der Waals surface area contributed by atoms with Crippen LogP contribution in [-0.4, -0.2) is 17.3 Å². The summed E-state index contributed by atoms with van der Waals surface area (Å²) in [7, 11) is 1.63. The molecule has 0 saturated heterocycles. The molecular formula is C13H14FN3O2. The number of methoxy groups -OCH3 is 1. The van der Waals surface area contributed by atoms with Crippen LogP contribution in [0.1, 0.15) is 24.8 Å². The lowest BCUT2D eigenvalue weighted by Crippen LogP contribution is -2.05. The van der Waals surface area contributed by atoms with Crippen LogP contribution < -0.4 is 5.73 Å². The summed E-state index contributed by atoms with van der Waals surface area (Å²) in [6.45, 7) is 0. The molecule has 5 nitrogen and oxygen atoms in total. The first kappa shape index (κ1) is 12.1. The summed E-state index contributed by atoms with van der Waals surface area (Å²) >= 11 is 0. The molecule has 1 fully saturated rings. The monoisotopic (exact) mass is 263 g/mol. The molecule has 2 N–H and O–H groups in total. The molecule has 1 unspecified atom stereocenters. The molecule has 3 rings (SSSR count). The molecule has 2 aromatic rings. The normalized spacial score (nSPS) is 16.5. The number of hydrogen-bond donors (Lipinski definition) is 1. The number of nitrogen functional groups attached to an aromatic ring is 1. The van der Waals surface area contributed by atoms with E-state index < -0.39 is 5.82 Å². The van der Waals surface area contributed by atoms with Crippen molar-refractivity contribution in [3.05, 3.63) is 29.8 Å². The number of rotatable bonds is 4. The van der Waals surface area contributed by atoms with Gasteiger partial charge in [0, 0.05) is 12.7 Å². The van der Waals surface area contributed by atoms with E-state index >= 15 is 0 Å². The van der Waals surface area contributed by atoms with Gasteiger partial charge in [0.05, 0.1) is 5.69 Å². The Hall–Kier alpha value is -1.95. The molecule has 0 radical (unpaired) electrons. The molecule has 0 bridgehead atoms. The Balaban J connectivity index is 1.89. The standard InChI is InChI=1S/C13H14FN3O2/c1-18-11(7-2-3-7)12-16-13(19-17-12)8-4-5-10(15)9(14)6-8/h4-7,11H,2-3,15H2,1H3. The zero-order valence-electron chi connectivity index (χ0n) is 10.5. The van der Waals surface area contributed by atoms with Crippen LogP contribution in [0.3, 0.4) is 0 Å². The Bertz CT molecular complexity index is 595. The van der Waals surface area contributed by atoms with Gasteiger partial charge in [0.1, 0.15) is 11.9 Å². The minimum atomic E-state index is -0.497. The van der Waals surface area contributed by atoms with Gasteiger partial charge in [-0.05, 0) is 37.0 Å². The van der Waals surface area contributed by atoms with Gasteiger partial charge in [-0.25, -0.2) is 4.39 Å². The van der Waals surface area contributed by atoms with Crippen LogP contribution in [0.5, 0.6) is 0 Å². The van der Waals surface area contributed by atoms with Crippen molar-refractivity contribution in [1.82, 2.24) is 10.1 Å². The molecule has 0 amide bonds. The van der Waals surface area contributed by atoms with E-state index in [-0.39, 0.29) is 17.7 Å². The van der Waals surface area contributed by atoms with E-state index in [1.165, 1.54) is 12.1 Å². The third-order valence-electron chi connectivity index (χ3n) is 3.25. The third kappa shape index (κ3) is 2.31. The lowest BCUT2D eigenvalue weighted by atomic mass is 10.2. The van der Waals surface area contributed by atoms with Gasteiger partial charge in [-0.3, -0.25) is 0 Å². The molecule has 1 saturated carbocycles. The smallest absolute Gasteiger partial charge is 0.258 e. The lowest BCUT2D eigenvalue weighted by Gasteiger charge is -2.08. The van der Waals surface area contributed by atoms with Crippen LogP contribution in [0.15, 0.2) is 22.7 Å². The number of halogens is 1. The average Bonchev–Trinajstić information content (AvgIpc) is 3.11. The Morgan fingerprint density at radius 2 is 2.26 bits per heavy atom. The summed E-state index contributed by atoms with van der Waals surface area (Å²) in [5.41, 5.74) is 6.03. The molecule has 19 heavy (non-hydrogen) atoms. The Morgan fingerprint density at radius 3 is 2.89 bits per heavy atom. The maximum atomic E-state index is 13.4. The first-order valence-corrected chi connectivity index (χ1v) is 6.11. The molecular weight excluding hydrogens is 249 g/mol. The number of aromatic nitrogens is 2. The Labute approximate surface area is 109 Å². The first-order chi connectivity index (χ1) is 9.19. The largest absolute Gasteiger partial charge is 0.396 e. The molecule has 6 heteroatoms. The molecule has 1 aromatic heterocycles. The van der Waals surface area contributed by atoms with Crippen molar-refractivity contribution in [3.63, 3.8) is 0 Å². The summed E-state index contributed by atoms with van der Waals surface area (Å²) in [4.78, 5) is 4.27. The van der Waals surface area contributed by atoms with Crippen LogP contribution in [0.25, 0.3) is 11.5 Å². The van der Waals surface area contributed by atoms with Gasteiger partial charge in [-0.1, -0.05) is 5.16 Å². The maximum Gasteiger partial charge on any atom is 0.258 e. The summed E-state index contributed by atoms with van der Waals surface area (Å²) in [6.07, 6.45) is 2.08. The fourth-order valence-corrected chi connectivity index (χ4v) is 2.04. The van der Waals surface area contributed by atoms with Crippen molar-refractivity contribution in [2.45, 2.75) is 18.9 Å². The summed E-state index contributed by atoms with van der Waals surface area (Å²) < 4.78 is 23.9. The second kappa shape index (κ2) is 4.62. The second-order valence-corrected chi connectivity index (χ2v) is 4.69. The highest BCUT2D eigenvalue weighted by Gasteiger charge is 2.35. The van der Waals surface area contributed by atoms with Gasteiger partial charge in [-0.2, -0.15) is 4.98 Å². The molecule has 1 aliphatic rings. The van der Waals surface area contributed by atoms with E-state index in [2.05, 4.69) is 10.1 Å². The van der Waals surface area contributed by atoms with E-state index in [1.54, 1.807) is 13.2 Å². The fourth-order valence-electron chi connectivity index (χ4n) is 2.04. The van der Waals surface area contributed by atoms with E-state index in [4.69, 9.17) is 15.0 Å². The van der Waals surface area contributed by atoms with Gasteiger partial charge < -0.3 is 15.0 Å². The van der Waals surface area contributed by atoms with Crippen LogP contribution in [-0.2, 0) is 4.74 Å². The molecule has 1 aromatic carbocycles. The predicted molar refractivity (Wildman–Crippen MR) is 66.6 cm³/mol. The van der Waals surface area contributed by atoms with E-state index in [1.807, 2.05) is 0 Å². The minimum absolute atomic E-state index is 0.0937. The predicted octanol–water partition coefficient (Wildman–Crippen LogP) is 2.56. The summed E-state index contributed by atoms with van der Waals surface area (Å²) in [6, 6.07) is 4.41. The third-order valence-corrected chi connectivity index (χ3v) is 3.25. The van der Waals surface area contributed by atoms with Crippen molar-refractivity contribution in [2.24, 2.45) is 5.92 Å². The first-order valence-electron chi connectivity index (χ1n) is 6.11. The van der Waals surface area contributed by atoms with Gasteiger partial charge >= 0.3 is 0 Å². The van der Waals surface area contributed by atoms with Crippen LogP contribution >= 0.6 is 0 Å². The van der Waals surface area contributed by atoms with Crippen molar-refractivity contribution >= 4 is 5.69 Å². The van der Waals surface area contributed by atoms with Crippen LogP contribution in [0.4, 0.5) is 10.1 Å². The quantitative estimate of drug-likeness (QED) is 0.858. The number of hydrogen-bond acceptors (Lipinski definition) is 5. The summed E-state index contributed by atoms with van der Waals surface area (Å²) in [5.74, 6) is 0.746. The number of nitrogens with two attached hydrogens (primary N) is 1. The van der Waals surface area contributed by atoms with Crippen LogP contribution in [0, 0.1) is 11.7 Å². The van der Waals surface area contributed by atoms with Crippen molar-refractivity contribution in [2.75, 3.05) is 12.8 Å². The lowest BCUT2D eigenvalue weighted by molar-refractivity contribution is 0.0751. The average molecular weight is 263 g/mol. The van der Waals surface area contributed by atoms with Gasteiger partial charge in [0.25, 0.3) is 5.89 Å². The fraction of sp³-hybridized carbons (Fsp3) is 0.385. The van der Waals surface area contributed by atoms with E-state index in [0.717, 1.165) is 12.8 Å². The zero-order chi connectivity index (χ0) is 13.4. The Morgan fingerprint density at radius 1 is 1.47 bits per heavy atom. The number of ether oxygens (including phenoxy) is 1. The van der Waals surface area contributed by atoms with Gasteiger partial charge in [-0.15, -0.1) is 0 Å². The number of anilines is 1. The molecule has 0 aliphatic heterocycles. The molecule has 100 valence electrons. The zero-order valence-corrected chi connectivity index (χ0v) is 10.5. The van der Waals surface area contributed by atoms with Crippen molar-refractivity contribution in [3.8, 4) is 11.5 Å². The summed E-state index contributed by atoms with van der Waals surface area (Å²) in [5, 5.41) is 3.91. The highest BCUT2D eigenvalue weighted by Crippen LogP contribution is 2.42. The van der Waals surface area contributed by atoms with E-state index in [0.29, 0.717) is 17.3 Å². The van der Waals surface area contributed by atoms with Crippen molar-refractivity contribution in [1.29, 1.82) is 0 Å². The number of benzene rings is 1. The highest BCUT2D eigenvalue weighted by molar-refractivity contribution is 5.57. The second-order valence-electron chi connectivity index (χ2n) is 4.69. The van der Waals surface area contributed by atoms with Gasteiger partial charge in [0.2, 0.25) is 5.82 Å². The molecule has 1 atom stereocenters. The van der Waals surface area contributed by atoms with Crippen LogP contribution in [0.2, 0.25) is 0 Å².